The van der Waals surface area contributed by atoms with Gasteiger partial charge in [0, 0.05) is 42.7 Å². The maximum atomic E-state index is 12.6. The molecule has 1 saturated heterocycles. The molecular formula is C18H19N5O. The molecule has 0 bridgehead atoms. The van der Waals surface area contributed by atoms with Crippen LogP contribution in [0, 0.1) is 6.92 Å². The van der Waals surface area contributed by atoms with Crippen LogP contribution >= 0.6 is 0 Å². The second kappa shape index (κ2) is 6.03. The topological polar surface area (TPSA) is 63.4 Å². The normalized spacial score (nSPS) is 15.8. The van der Waals surface area contributed by atoms with Crippen LogP contribution < -0.4 is 0 Å². The van der Waals surface area contributed by atoms with Crippen molar-refractivity contribution in [3.63, 3.8) is 0 Å². The molecule has 0 atom stereocenters. The first-order chi connectivity index (χ1) is 11.7. The lowest BCUT2D eigenvalue weighted by Crippen LogP contribution is -2.38. The van der Waals surface area contributed by atoms with Crippen molar-refractivity contribution in [1.82, 2.24) is 24.5 Å². The molecule has 24 heavy (non-hydrogen) atoms. The van der Waals surface area contributed by atoms with E-state index in [1.807, 2.05) is 42.3 Å². The van der Waals surface area contributed by atoms with Crippen molar-refractivity contribution in [2.24, 2.45) is 0 Å². The molecule has 0 unspecified atom stereocenters. The fourth-order valence-electron chi connectivity index (χ4n) is 3.26. The Morgan fingerprint density at radius 3 is 2.75 bits per heavy atom. The molecular weight excluding hydrogens is 302 g/mol. The van der Waals surface area contributed by atoms with Crippen LogP contribution in [0.5, 0.6) is 0 Å². The summed E-state index contributed by atoms with van der Waals surface area (Å²) in [4.78, 5) is 23.5. The maximum absolute atomic E-state index is 12.6. The third-order valence-corrected chi connectivity index (χ3v) is 4.59. The molecule has 0 aliphatic carbocycles. The van der Waals surface area contributed by atoms with Crippen molar-refractivity contribution in [1.29, 1.82) is 0 Å². The number of likely N-dealkylation sites (tertiary alicyclic amines) is 1. The number of piperidine rings is 1. The Morgan fingerprint density at radius 2 is 1.96 bits per heavy atom. The van der Waals surface area contributed by atoms with E-state index >= 15 is 0 Å². The summed E-state index contributed by atoms with van der Waals surface area (Å²) in [6, 6.07) is 9.51. The van der Waals surface area contributed by atoms with Crippen LogP contribution in [0.4, 0.5) is 0 Å². The van der Waals surface area contributed by atoms with Gasteiger partial charge >= 0.3 is 0 Å². The molecule has 3 aromatic rings. The highest BCUT2D eigenvalue weighted by Crippen LogP contribution is 2.27. The molecule has 0 saturated carbocycles. The predicted octanol–water partition coefficient (Wildman–Crippen LogP) is 2.45. The summed E-state index contributed by atoms with van der Waals surface area (Å²) in [5, 5.41) is 4.18. The number of amides is 1. The minimum atomic E-state index is 0.0244. The first kappa shape index (κ1) is 14.8. The number of hydrogen-bond acceptors (Lipinski definition) is 4. The molecule has 122 valence electrons. The average Bonchev–Trinajstić information content (AvgIpc) is 3.09. The minimum absolute atomic E-state index is 0.0244. The summed E-state index contributed by atoms with van der Waals surface area (Å²) in [6.45, 7) is 3.39. The van der Waals surface area contributed by atoms with Crippen LogP contribution in [-0.2, 0) is 0 Å². The molecule has 3 aromatic heterocycles. The smallest absolute Gasteiger partial charge is 0.272 e. The van der Waals surface area contributed by atoms with Gasteiger partial charge in [0.2, 0.25) is 0 Å². The molecule has 1 fully saturated rings. The largest absolute Gasteiger partial charge is 0.337 e. The Hall–Kier alpha value is -2.76. The van der Waals surface area contributed by atoms with Gasteiger partial charge in [-0.2, -0.15) is 5.10 Å². The number of nitrogens with zero attached hydrogens (tertiary/aromatic N) is 5. The highest BCUT2D eigenvalue weighted by molar-refractivity contribution is 5.92. The highest BCUT2D eigenvalue weighted by atomic mass is 16.2. The van der Waals surface area contributed by atoms with Gasteiger partial charge in [0.15, 0.2) is 5.65 Å². The van der Waals surface area contributed by atoms with E-state index < -0.39 is 0 Å². The summed E-state index contributed by atoms with van der Waals surface area (Å²) in [5.41, 5.74) is 3.36. The molecule has 0 spiro atoms. The Bertz CT molecular complexity index is 880. The van der Waals surface area contributed by atoms with Gasteiger partial charge in [0.05, 0.1) is 6.20 Å². The van der Waals surface area contributed by atoms with Gasteiger partial charge in [-0.1, -0.05) is 6.07 Å². The van der Waals surface area contributed by atoms with Crippen LogP contribution in [0.2, 0.25) is 0 Å². The highest BCUT2D eigenvalue weighted by Gasteiger charge is 2.26. The monoisotopic (exact) mass is 321 g/mol. The van der Waals surface area contributed by atoms with E-state index in [1.165, 1.54) is 0 Å². The number of carbonyl (C=O) groups excluding carboxylic acids is 1. The Morgan fingerprint density at radius 1 is 1.12 bits per heavy atom. The van der Waals surface area contributed by atoms with Crippen molar-refractivity contribution in [2.45, 2.75) is 25.7 Å². The number of hydrogen-bond donors (Lipinski definition) is 0. The molecule has 0 aromatic carbocycles. The fraction of sp³-hybridized carbons (Fsp3) is 0.333. The van der Waals surface area contributed by atoms with E-state index in [2.05, 4.69) is 15.1 Å². The third kappa shape index (κ3) is 2.75. The summed E-state index contributed by atoms with van der Waals surface area (Å²) in [5.74, 6) is 0.413. The van der Waals surface area contributed by atoms with Crippen LogP contribution in [0.15, 0.2) is 42.7 Å². The van der Waals surface area contributed by atoms with Crippen LogP contribution in [0.25, 0.3) is 5.65 Å². The molecule has 1 amide bonds. The Kier molecular flexibility index (Phi) is 3.72. The van der Waals surface area contributed by atoms with Gasteiger partial charge < -0.3 is 4.90 Å². The Balaban J connectivity index is 1.45. The number of aromatic nitrogens is 4. The summed E-state index contributed by atoms with van der Waals surface area (Å²) in [7, 11) is 0. The summed E-state index contributed by atoms with van der Waals surface area (Å²) >= 11 is 0. The average molecular weight is 321 g/mol. The van der Waals surface area contributed by atoms with Gasteiger partial charge in [0.25, 0.3) is 5.91 Å². The molecule has 6 nitrogen and oxygen atoms in total. The lowest BCUT2D eigenvalue weighted by Gasteiger charge is -2.31. The van der Waals surface area contributed by atoms with Crippen LogP contribution in [-0.4, -0.2) is 43.5 Å². The van der Waals surface area contributed by atoms with Gasteiger partial charge in [-0.15, -0.1) is 0 Å². The van der Waals surface area contributed by atoms with Crippen LogP contribution in [0.3, 0.4) is 0 Å². The zero-order valence-electron chi connectivity index (χ0n) is 13.6. The van der Waals surface area contributed by atoms with Crippen molar-refractivity contribution in [2.75, 3.05) is 13.1 Å². The van der Waals surface area contributed by atoms with Gasteiger partial charge in [0.1, 0.15) is 5.69 Å². The first-order valence-corrected chi connectivity index (χ1v) is 8.24. The molecule has 4 heterocycles. The van der Waals surface area contributed by atoms with Crippen molar-refractivity contribution in [3.05, 3.63) is 59.8 Å². The summed E-state index contributed by atoms with van der Waals surface area (Å²) in [6.07, 6.45) is 5.55. The molecule has 1 aliphatic heterocycles. The standard InChI is InChI=1S/C18H19N5O/c1-13-3-2-4-16(20-13)18(24)22-10-6-14(7-11-22)15-8-12-23-17(21-15)5-9-19-23/h2-5,8-9,12,14H,6-7,10-11H2,1H3. The predicted molar refractivity (Wildman–Crippen MR) is 89.8 cm³/mol. The number of fused-ring (bicyclic) bond motifs is 1. The lowest BCUT2D eigenvalue weighted by atomic mass is 9.93. The van der Waals surface area contributed by atoms with Crippen molar-refractivity contribution in [3.8, 4) is 0 Å². The number of rotatable bonds is 2. The van der Waals surface area contributed by atoms with E-state index in [0.717, 1.165) is 43.0 Å². The molecule has 6 heteroatoms. The van der Waals surface area contributed by atoms with E-state index in [4.69, 9.17) is 0 Å². The van der Waals surface area contributed by atoms with E-state index in [-0.39, 0.29) is 5.91 Å². The zero-order chi connectivity index (χ0) is 16.5. The zero-order valence-corrected chi connectivity index (χ0v) is 13.6. The SMILES string of the molecule is Cc1cccc(C(=O)N2CCC(c3ccn4nccc4n3)CC2)n1. The number of carbonyl (C=O) groups is 1. The van der Waals surface area contributed by atoms with E-state index in [0.29, 0.717) is 11.6 Å². The molecule has 4 rings (SSSR count). The first-order valence-electron chi connectivity index (χ1n) is 8.24. The second-order valence-corrected chi connectivity index (χ2v) is 6.22. The van der Waals surface area contributed by atoms with E-state index in [9.17, 15) is 4.79 Å². The molecule has 0 N–H and O–H groups in total. The lowest BCUT2D eigenvalue weighted by molar-refractivity contribution is 0.0706. The van der Waals surface area contributed by atoms with Gasteiger partial charge in [-0.05, 0) is 38.0 Å². The van der Waals surface area contributed by atoms with Gasteiger partial charge in [-0.25, -0.2) is 14.5 Å². The number of aryl methyl sites for hydroxylation is 1. The fourth-order valence-corrected chi connectivity index (χ4v) is 3.26. The van der Waals surface area contributed by atoms with E-state index in [1.54, 1.807) is 16.8 Å². The number of pyridine rings is 1. The maximum Gasteiger partial charge on any atom is 0.272 e. The third-order valence-electron chi connectivity index (χ3n) is 4.59. The molecule has 1 aliphatic rings. The quantitative estimate of drug-likeness (QED) is 0.727. The van der Waals surface area contributed by atoms with Gasteiger partial charge in [-0.3, -0.25) is 4.79 Å². The molecule has 0 radical (unpaired) electrons. The minimum Gasteiger partial charge on any atom is -0.337 e. The second-order valence-electron chi connectivity index (χ2n) is 6.22. The van der Waals surface area contributed by atoms with Crippen LogP contribution in [0.1, 0.15) is 40.6 Å². The van der Waals surface area contributed by atoms with Crippen molar-refractivity contribution < 1.29 is 4.79 Å². The Labute approximate surface area is 140 Å². The van der Waals surface area contributed by atoms with Crippen molar-refractivity contribution >= 4 is 11.6 Å². The summed E-state index contributed by atoms with van der Waals surface area (Å²) < 4.78 is 1.77.